The smallest absolute Gasteiger partial charge is 0.235 e. The molecular weight excluding hydrogens is 190 g/mol. The van der Waals surface area contributed by atoms with Crippen molar-refractivity contribution < 1.29 is 9.53 Å². The second kappa shape index (κ2) is 5.45. The van der Waals surface area contributed by atoms with Crippen molar-refractivity contribution >= 4 is 17.5 Å². The monoisotopic (exact) mass is 205 g/mol. The zero-order valence-corrected chi connectivity index (χ0v) is 8.64. The first kappa shape index (κ1) is 10.8. The topological polar surface area (TPSA) is 38.3 Å². The lowest BCUT2D eigenvalue weighted by molar-refractivity contribution is -0.120. The molecule has 1 fully saturated rings. The summed E-state index contributed by atoms with van der Waals surface area (Å²) in [6, 6.07) is 0.157. The Hall–Kier alpha value is -0.280. The minimum Gasteiger partial charge on any atom is -0.379 e. The van der Waals surface area contributed by atoms with Crippen molar-refractivity contribution in [3.8, 4) is 0 Å². The summed E-state index contributed by atoms with van der Waals surface area (Å²) in [5, 5.41) is 2.87. The van der Waals surface area contributed by atoms with Crippen LogP contribution in [-0.4, -0.2) is 31.0 Å². The number of hydrogen-bond acceptors (Lipinski definition) is 2. The Morgan fingerprint density at radius 2 is 2.23 bits per heavy atom. The fraction of sp³-hybridized carbons (Fsp3) is 0.889. The highest BCUT2D eigenvalue weighted by molar-refractivity contribution is 6.27. The van der Waals surface area contributed by atoms with E-state index in [0.29, 0.717) is 0 Å². The molecule has 13 heavy (non-hydrogen) atoms. The van der Waals surface area contributed by atoms with Crippen LogP contribution in [0.3, 0.4) is 0 Å². The van der Waals surface area contributed by atoms with E-state index in [4.69, 9.17) is 16.3 Å². The standard InChI is InChI=1S/C9H16ClNO2/c1-13-8-5-3-2-4-7(8)11-9(12)6-10/h7-8H,2-6H2,1H3,(H,11,12). The summed E-state index contributed by atoms with van der Waals surface area (Å²) < 4.78 is 5.29. The molecule has 0 bridgehead atoms. The normalized spacial score (nSPS) is 28.5. The maximum Gasteiger partial charge on any atom is 0.235 e. The summed E-state index contributed by atoms with van der Waals surface area (Å²) in [5.74, 6) is -0.0666. The maximum absolute atomic E-state index is 11.0. The molecule has 0 saturated heterocycles. The van der Waals surface area contributed by atoms with Crippen molar-refractivity contribution in [1.82, 2.24) is 5.32 Å². The summed E-state index contributed by atoms with van der Waals surface area (Å²) in [4.78, 5) is 11.0. The predicted molar refractivity (Wildman–Crippen MR) is 51.9 cm³/mol. The van der Waals surface area contributed by atoms with Crippen LogP contribution in [0.4, 0.5) is 0 Å². The van der Waals surface area contributed by atoms with Crippen LogP contribution in [0.1, 0.15) is 25.7 Å². The molecule has 1 rings (SSSR count). The van der Waals surface area contributed by atoms with Crippen LogP contribution < -0.4 is 5.32 Å². The van der Waals surface area contributed by atoms with Gasteiger partial charge in [-0.25, -0.2) is 0 Å². The molecule has 0 aromatic carbocycles. The van der Waals surface area contributed by atoms with E-state index in [2.05, 4.69) is 5.32 Å². The predicted octanol–water partition coefficient (Wildman–Crippen LogP) is 1.30. The van der Waals surface area contributed by atoms with E-state index in [1.807, 2.05) is 0 Å². The summed E-state index contributed by atoms with van der Waals surface area (Å²) in [7, 11) is 1.69. The van der Waals surface area contributed by atoms with Gasteiger partial charge in [-0.3, -0.25) is 4.79 Å². The molecule has 0 aromatic heterocycles. The average Bonchev–Trinajstić information content (AvgIpc) is 2.18. The van der Waals surface area contributed by atoms with E-state index in [1.54, 1.807) is 7.11 Å². The van der Waals surface area contributed by atoms with Gasteiger partial charge in [0.25, 0.3) is 0 Å². The molecule has 0 radical (unpaired) electrons. The van der Waals surface area contributed by atoms with Gasteiger partial charge in [0.2, 0.25) is 5.91 Å². The van der Waals surface area contributed by atoms with Crippen molar-refractivity contribution in [2.45, 2.75) is 37.8 Å². The number of nitrogens with one attached hydrogen (secondary N) is 1. The number of amides is 1. The number of hydrogen-bond donors (Lipinski definition) is 1. The molecule has 1 saturated carbocycles. The van der Waals surface area contributed by atoms with Gasteiger partial charge in [0.05, 0.1) is 12.1 Å². The van der Waals surface area contributed by atoms with Crippen molar-refractivity contribution in [2.24, 2.45) is 0 Å². The van der Waals surface area contributed by atoms with Crippen LogP contribution >= 0.6 is 11.6 Å². The summed E-state index contributed by atoms with van der Waals surface area (Å²) in [5.41, 5.74) is 0. The molecular formula is C9H16ClNO2. The number of carbonyl (C=O) groups is 1. The molecule has 0 spiro atoms. The van der Waals surface area contributed by atoms with Crippen molar-refractivity contribution in [3.05, 3.63) is 0 Å². The van der Waals surface area contributed by atoms with Crippen LogP contribution in [0, 0.1) is 0 Å². The maximum atomic E-state index is 11.0. The molecule has 1 amide bonds. The lowest BCUT2D eigenvalue weighted by atomic mass is 9.92. The molecule has 0 aliphatic heterocycles. The van der Waals surface area contributed by atoms with Crippen LogP contribution in [-0.2, 0) is 9.53 Å². The Bertz CT molecular complexity index is 175. The number of carbonyl (C=O) groups excluding carboxylic acids is 1. The van der Waals surface area contributed by atoms with Crippen LogP contribution in [0.2, 0.25) is 0 Å². The first-order valence-electron chi connectivity index (χ1n) is 4.66. The van der Waals surface area contributed by atoms with Crippen molar-refractivity contribution in [3.63, 3.8) is 0 Å². The summed E-state index contributed by atoms with van der Waals surface area (Å²) in [6.07, 6.45) is 4.55. The molecule has 76 valence electrons. The van der Waals surface area contributed by atoms with Gasteiger partial charge >= 0.3 is 0 Å². The molecule has 0 aromatic rings. The minimum atomic E-state index is -0.101. The van der Waals surface area contributed by atoms with Crippen LogP contribution in [0.25, 0.3) is 0 Å². The van der Waals surface area contributed by atoms with E-state index < -0.39 is 0 Å². The fourth-order valence-corrected chi connectivity index (χ4v) is 1.87. The number of ether oxygens (including phenoxy) is 1. The van der Waals surface area contributed by atoms with Gasteiger partial charge in [0, 0.05) is 7.11 Å². The second-order valence-electron chi connectivity index (χ2n) is 3.37. The zero-order chi connectivity index (χ0) is 9.68. The van der Waals surface area contributed by atoms with Gasteiger partial charge in [-0.1, -0.05) is 12.8 Å². The summed E-state index contributed by atoms with van der Waals surface area (Å²) >= 11 is 5.41. The number of alkyl halides is 1. The van der Waals surface area contributed by atoms with Gasteiger partial charge in [0.15, 0.2) is 0 Å². The molecule has 4 heteroatoms. The van der Waals surface area contributed by atoms with Crippen molar-refractivity contribution in [2.75, 3.05) is 13.0 Å². The SMILES string of the molecule is COC1CCCCC1NC(=O)CCl. The van der Waals surface area contributed by atoms with E-state index in [1.165, 1.54) is 6.42 Å². The molecule has 0 heterocycles. The third kappa shape index (κ3) is 3.16. The number of halogens is 1. The van der Waals surface area contributed by atoms with E-state index in [-0.39, 0.29) is 23.9 Å². The Kier molecular flexibility index (Phi) is 4.53. The van der Waals surface area contributed by atoms with Crippen LogP contribution in [0.15, 0.2) is 0 Å². The highest BCUT2D eigenvalue weighted by Gasteiger charge is 2.25. The molecule has 2 atom stereocenters. The van der Waals surface area contributed by atoms with Gasteiger partial charge in [0.1, 0.15) is 5.88 Å². The average molecular weight is 206 g/mol. The van der Waals surface area contributed by atoms with Gasteiger partial charge in [-0.2, -0.15) is 0 Å². The van der Waals surface area contributed by atoms with Gasteiger partial charge < -0.3 is 10.1 Å². The van der Waals surface area contributed by atoms with Crippen molar-refractivity contribution in [1.29, 1.82) is 0 Å². The molecule has 1 N–H and O–H groups in total. The fourth-order valence-electron chi connectivity index (χ4n) is 1.79. The number of methoxy groups -OCH3 is 1. The molecule has 1 aliphatic rings. The third-order valence-corrected chi connectivity index (χ3v) is 2.72. The van der Waals surface area contributed by atoms with E-state index in [9.17, 15) is 4.79 Å². The highest BCUT2D eigenvalue weighted by atomic mass is 35.5. The molecule has 1 aliphatic carbocycles. The lowest BCUT2D eigenvalue weighted by Crippen LogP contribution is -2.46. The zero-order valence-electron chi connectivity index (χ0n) is 7.88. The third-order valence-electron chi connectivity index (χ3n) is 2.47. The highest BCUT2D eigenvalue weighted by Crippen LogP contribution is 2.20. The number of rotatable bonds is 3. The molecule has 3 nitrogen and oxygen atoms in total. The second-order valence-corrected chi connectivity index (χ2v) is 3.63. The Morgan fingerprint density at radius 1 is 1.54 bits per heavy atom. The van der Waals surface area contributed by atoms with Gasteiger partial charge in [-0.05, 0) is 12.8 Å². The minimum absolute atomic E-state index is 0.0347. The first-order valence-corrected chi connectivity index (χ1v) is 5.19. The van der Waals surface area contributed by atoms with E-state index >= 15 is 0 Å². The largest absolute Gasteiger partial charge is 0.379 e. The van der Waals surface area contributed by atoms with Gasteiger partial charge in [-0.15, -0.1) is 11.6 Å². The van der Waals surface area contributed by atoms with E-state index in [0.717, 1.165) is 19.3 Å². The quantitative estimate of drug-likeness (QED) is 0.706. The first-order chi connectivity index (χ1) is 6.27. The molecule has 2 unspecified atom stereocenters. The Balaban J connectivity index is 2.40. The van der Waals surface area contributed by atoms with Crippen LogP contribution in [0.5, 0.6) is 0 Å². The Labute approximate surface area is 83.8 Å². The Morgan fingerprint density at radius 3 is 2.85 bits per heavy atom. The lowest BCUT2D eigenvalue weighted by Gasteiger charge is -2.30. The summed E-state index contributed by atoms with van der Waals surface area (Å²) in [6.45, 7) is 0.